The number of unbranched alkanes of at least 4 members (excludes halogenated alkanes) is 3. The predicted octanol–water partition coefficient (Wildman–Crippen LogP) is 6.00. The smallest absolute Gasteiger partial charge is 0.339 e. The summed E-state index contributed by atoms with van der Waals surface area (Å²) in [6.45, 7) is 4.63. The third kappa shape index (κ3) is 5.82. The van der Waals surface area contributed by atoms with Gasteiger partial charge in [0.2, 0.25) is 0 Å². The van der Waals surface area contributed by atoms with Crippen LogP contribution < -0.4 is 0 Å². The maximum Gasteiger partial charge on any atom is 0.339 e. The number of rotatable bonds is 9. The molecular weight excluding hydrogens is 334 g/mol. The van der Waals surface area contributed by atoms with E-state index < -0.39 is 0 Å². The molecule has 0 spiro atoms. The first-order valence-electron chi connectivity index (χ1n) is 9.67. The molecule has 0 unspecified atom stereocenters. The molecule has 0 bridgehead atoms. The molecule has 0 aliphatic heterocycles. The topological polar surface area (TPSA) is 50.1 Å². The number of ether oxygens (including phenoxy) is 1. The van der Waals surface area contributed by atoms with Gasteiger partial charge in [-0.05, 0) is 41.7 Å². The van der Waals surface area contributed by atoms with Gasteiger partial charge in [-0.25, -0.2) is 4.79 Å². The summed E-state index contributed by atoms with van der Waals surface area (Å²) in [6, 6.07) is 19.2. The molecule has 2 rings (SSSR count). The highest BCUT2D eigenvalue weighted by molar-refractivity contribution is 6.24. The molecule has 0 radical (unpaired) electrons. The average Bonchev–Trinajstić information content (AvgIpc) is 2.72. The lowest BCUT2D eigenvalue weighted by molar-refractivity contribution is -0.136. The van der Waals surface area contributed by atoms with Gasteiger partial charge in [0, 0.05) is 0 Å². The van der Waals surface area contributed by atoms with Gasteiger partial charge >= 0.3 is 5.97 Å². The van der Waals surface area contributed by atoms with E-state index in [1.165, 1.54) is 0 Å². The summed E-state index contributed by atoms with van der Waals surface area (Å²) in [6.07, 6.45) is 4.97. The Balaban J connectivity index is 2.37. The second-order valence-corrected chi connectivity index (χ2v) is 6.46. The SMILES string of the molecule is CCCCCCOC(=O)/C(=C(/CC)c1ccccc1)c1ccc(C#N)cc1. The van der Waals surface area contributed by atoms with Crippen LogP contribution in [0.15, 0.2) is 54.6 Å². The lowest BCUT2D eigenvalue weighted by Crippen LogP contribution is -2.11. The van der Waals surface area contributed by atoms with Crippen LogP contribution in [-0.4, -0.2) is 12.6 Å². The highest BCUT2D eigenvalue weighted by Gasteiger charge is 2.19. The van der Waals surface area contributed by atoms with Crippen LogP contribution in [0.2, 0.25) is 0 Å². The Labute approximate surface area is 162 Å². The van der Waals surface area contributed by atoms with Crippen molar-refractivity contribution >= 4 is 17.1 Å². The molecule has 0 saturated heterocycles. The minimum absolute atomic E-state index is 0.295. The zero-order chi connectivity index (χ0) is 19.5. The normalized spacial score (nSPS) is 11.4. The van der Waals surface area contributed by atoms with Crippen LogP contribution >= 0.6 is 0 Å². The second kappa shape index (κ2) is 11.0. The Morgan fingerprint density at radius 3 is 2.22 bits per heavy atom. The van der Waals surface area contributed by atoms with Gasteiger partial charge in [0.1, 0.15) is 0 Å². The van der Waals surface area contributed by atoms with Crippen molar-refractivity contribution in [3.63, 3.8) is 0 Å². The van der Waals surface area contributed by atoms with E-state index in [0.29, 0.717) is 24.2 Å². The van der Waals surface area contributed by atoms with Crippen molar-refractivity contribution in [3.8, 4) is 6.07 Å². The number of allylic oxidation sites excluding steroid dienone is 1. The lowest BCUT2D eigenvalue weighted by atomic mass is 9.92. The molecule has 0 aliphatic rings. The van der Waals surface area contributed by atoms with Crippen molar-refractivity contribution in [1.29, 1.82) is 5.26 Å². The fourth-order valence-electron chi connectivity index (χ4n) is 3.06. The number of carbonyl (C=O) groups excluding carboxylic acids is 1. The highest BCUT2D eigenvalue weighted by atomic mass is 16.5. The molecule has 0 amide bonds. The molecular formula is C24H27NO2. The number of esters is 1. The fraction of sp³-hybridized carbons (Fsp3) is 0.333. The van der Waals surface area contributed by atoms with Gasteiger partial charge in [-0.2, -0.15) is 5.26 Å². The molecule has 3 nitrogen and oxygen atoms in total. The van der Waals surface area contributed by atoms with E-state index in [2.05, 4.69) is 13.0 Å². The Hall–Kier alpha value is -2.86. The fourth-order valence-corrected chi connectivity index (χ4v) is 3.06. The largest absolute Gasteiger partial charge is 0.462 e. The van der Waals surface area contributed by atoms with Crippen LogP contribution in [-0.2, 0) is 9.53 Å². The van der Waals surface area contributed by atoms with E-state index in [-0.39, 0.29) is 5.97 Å². The predicted molar refractivity (Wildman–Crippen MR) is 110 cm³/mol. The molecule has 2 aromatic rings. The van der Waals surface area contributed by atoms with Crippen LogP contribution in [0.25, 0.3) is 11.1 Å². The lowest BCUT2D eigenvalue weighted by Gasteiger charge is -2.15. The number of hydrogen-bond donors (Lipinski definition) is 0. The van der Waals surface area contributed by atoms with E-state index >= 15 is 0 Å². The molecule has 0 N–H and O–H groups in total. The summed E-state index contributed by atoms with van der Waals surface area (Å²) in [5.41, 5.74) is 3.92. The monoisotopic (exact) mass is 361 g/mol. The Bertz CT molecular complexity index is 799. The Kier molecular flexibility index (Phi) is 8.32. The van der Waals surface area contributed by atoms with Gasteiger partial charge in [-0.15, -0.1) is 0 Å². The number of carbonyl (C=O) groups is 1. The van der Waals surface area contributed by atoms with Crippen molar-refractivity contribution in [2.45, 2.75) is 46.0 Å². The first kappa shape index (κ1) is 20.5. The van der Waals surface area contributed by atoms with Crippen LogP contribution in [0, 0.1) is 11.3 Å². The first-order chi connectivity index (χ1) is 13.2. The van der Waals surface area contributed by atoms with E-state index in [1.54, 1.807) is 12.1 Å². The van der Waals surface area contributed by atoms with Gasteiger partial charge < -0.3 is 4.74 Å². The summed E-state index contributed by atoms with van der Waals surface area (Å²) < 4.78 is 5.60. The minimum Gasteiger partial charge on any atom is -0.462 e. The van der Waals surface area contributed by atoms with Crippen molar-refractivity contribution in [2.75, 3.05) is 6.61 Å². The zero-order valence-electron chi connectivity index (χ0n) is 16.2. The number of nitriles is 1. The molecule has 0 atom stereocenters. The van der Waals surface area contributed by atoms with Crippen molar-refractivity contribution in [3.05, 3.63) is 71.3 Å². The Morgan fingerprint density at radius 2 is 1.63 bits per heavy atom. The minimum atomic E-state index is -0.295. The molecule has 0 heterocycles. The first-order valence-corrected chi connectivity index (χ1v) is 9.67. The average molecular weight is 361 g/mol. The molecule has 0 saturated carbocycles. The van der Waals surface area contributed by atoms with Gasteiger partial charge in [0.15, 0.2) is 0 Å². The number of nitrogens with zero attached hydrogens (tertiary/aromatic N) is 1. The van der Waals surface area contributed by atoms with Crippen LogP contribution in [0.3, 0.4) is 0 Å². The zero-order valence-corrected chi connectivity index (χ0v) is 16.2. The van der Waals surface area contributed by atoms with E-state index in [4.69, 9.17) is 10.00 Å². The molecule has 3 heteroatoms. The molecule has 0 aromatic heterocycles. The highest BCUT2D eigenvalue weighted by Crippen LogP contribution is 2.30. The van der Waals surface area contributed by atoms with Gasteiger partial charge in [0.25, 0.3) is 0 Å². The maximum absolute atomic E-state index is 13.0. The molecule has 0 aliphatic carbocycles. The third-order valence-electron chi connectivity index (χ3n) is 4.52. The van der Waals surface area contributed by atoms with Crippen molar-refractivity contribution < 1.29 is 9.53 Å². The standard InChI is InChI=1S/C24H27NO2/c1-3-5-6-10-17-27-24(26)23(21-15-13-19(18-25)14-16-21)22(4-2)20-11-8-7-9-12-20/h7-9,11-16H,3-6,10,17H2,1-2H3/b23-22-. The van der Waals surface area contributed by atoms with Gasteiger partial charge in [-0.1, -0.05) is 75.6 Å². The summed E-state index contributed by atoms with van der Waals surface area (Å²) in [5, 5.41) is 9.04. The van der Waals surface area contributed by atoms with Gasteiger partial charge in [0.05, 0.1) is 23.8 Å². The number of benzene rings is 2. The van der Waals surface area contributed by atoms with Crippen LogP contribution in [0.5, 0.6) is 0 Å². The van der Waals surface area contributed by atoms with Crippen LogP contribution in [0.4, 0.5) is 0 Å². The quantitative estimate of drug-likeness (QED) is 0.238. The van der Waals surface area contributed by atoms with E-state index in [0.717, 1.165) is 42.4 Å². The van der Waals surface area contributed by atoms with Crippen molar-refractivity contribution in [2.24, 2.45) is 0 Å². The molecule has 2 aromatic carbocycles. The molecule has 27 heavy (non-hydrogen) atoms. The Morgan fingerprint density at radius 1 is 0.926 bits per heavy atom. The summed E-state index contributed by atoms with van der Waals surface area (Å²) >= 11 is 0. The summed E-state index contributed by atoms with van der Waals surface area (Å²) in [5.74, 6) is -0.295. The summed E-state index contributed by atoms with van der Waals surface area (Å²) in [7, 11) is 0. The summed E-state index contributed by atoms with van der Waals surface area (Å²) in [4.78, 5) is 13.0. The van der Waals surface area contributed by atoms with E-state index in [9.17, 15) is 4.79 Å². The van der Waals surface area contributed by atoms with Crippen LogP contribution in [0.1, 0.15) is 62.6 Å². The molecule has 140 valence electrons. The van der Waals surface area contributed by atoms with E-state index in [1.807, 2.05) is 49.4 Å². The van der Waals surface area contributed by atoms with Crippen molar-refractivity contribution in [1.82, 2.24) is 0 Å². The molecule has 0 fully saturated rings. The second-order valence-electron chi connectivity index (χ2n) is 6.46. The third-order valence-corrected chi connectivity index (χ3v) is 4.52. The van der Waals surface area contributed by atoms with Gasteiger partial charge in [-0.3, -0.25) is 0 Å². The maximum atomic E-state index is 13.0. The number of hydrogen-bond acceptors (Lipinski definition) is 3.